The van der Waals surface area contributed by atoms with E-state index in [1.807, 2.05) is 0 Å². The number of nitrogens with zero attached hydrogens (tertiary/aromatic N) is 2. The zero-order valence-corrected chi connectivity index (χ0v) is 17.1. The number of hydrogen-bond donors (Lipinski definition) is 0. The van der Waals surface area contributed by atoms with Crippen LogP contribution < -0.4 is 4.74 Å². The summed E-state index contributed by atoms with van der Waals surface area (Å²) in [6.45, 7) is -0.142. The van der Waals surface area contributed by atoms with Crippen molar-refractivity contribution in [3.8, 4) is 17.1 Å². The molecule has 1 heterocycles. The molecule has 32 heavy (non-hydrogen) atoms. The fourth-order valence-electron chi connectivity index (χ4n) is 2.86. The summed E-state index contributed by atoms with van der Waals surface area (Å²) in [4.78, 5) is 4.34. The van der Waals surface area contributed by atoms with Crippen LogP contribution in [0.25, 0.3) is 11.4 Å². The first-order valence-corrected chi connectivity index (χ1v) is 10.7. The van der Waals surface area contributed by atoms with Gasteiger partial charge in [0.1, 0.15) is 5.75 Å². The van der Waals surface area contributed by atoms with E-state index in [2.05, 4.69) is 10.1 Å². The number of hydrogen-bond acceptors (Lipinski definition) is 6. The zero-order valence-electron chi connectivity index (χ0n) is 16.3. The van der Waals surface area contributed by atoms with Crippen molar-refractivity contribution < 1.29 is 30.8 Å². The molecule has 0 atom stereocenters. The molecule has 0 unspecified atom stereocenters. The van der Waals surface area contributed by atoms with Gasteiger partial charge in [0.15, 0.2) is 6.61 Å². The van der Waals surface area contributed by atoms with Crippen molar-refractivity contribution in [3.63, 3.8) is 0 Å². The number of aromatic nitrogens is 2. The molecule has 164 valence electrons. The Bertz CT molecular complexity index is 1320. The van der Waals surface area contributed by atoms with Gasteiger partial charge in [0.25, 0.3) is 5.89 Å². The lowest BCUT2D eigenvalue weighted by Gasteiger charge is -2.07. The van der Waals surface area contributed by atoms with E-state index in [1.165, 1.54) is 48.5 Å². The smallest absolute Gasteiger partial charge is 0.416 e. The monoisotopic (exact) mass is 460 g/mol. The minimum Gasteiger partial charge on any atom is -0.484 e. The van der Waals surface area contributed by atoms with Gasteiger partial charge in [-0.2, -0.15) is 18.2 Å². The number of rotatable bonds is 6. The SMILES string of the molecule is O=S(=O)(c1ccccc1)c1ccc(OCc2nc(-c3cccc(C(F)(F)F)c3)no2)cc1. The number of halogens is 3. The van der Waals surface area contributed by atoms with Crippen molar-refractivity contribution in [3.05, 3.63) is 90.3 Å². The molecule has 0 aliphatic rings. The Hall–Kier alpha value is -3.66. The van der Waals surface area contributed by atoms with E-state index in [0.29, 0.717) is 5.75 Å². The minimum atomic E-state index is -4.48. The molecule has 0 spiro atoms. The molecule has 1 aromatic heterocycles. The van der Waals surface area contributed by atoms with E-state index in [9.17, 15) is 21.6 Å². The van der Waals surface area contributed by atoms with Crippen molar-refractivity contribution in [1.82, 2.24) is 10.1 Å². The summed E-state index contributed by atoms with van der Waals surface area (Å²) < 4.78 is 74.4. The molecule has 0 fully saturated rings. The van der Waals surface area contributed by atoms with Gasteiger partial charge in [-0.1, -0.05) is 35.5 Å². The van der Waals surface area contributed by atoms with E-state index in [4.69, 9.17) is 9.26 Å². The average molecular weight is 460 g/mol. The standard InChI is InChI=1S/C22H15F3N2O4S/c23-22(24,25)16-6-4-5-15(13-16)21-26-20(31-27-21)14-30-17-9-11-19(12-10-17)32(28,29)18-7-2-1-3-8-18/h1-13H,14H2. The highest BCUT2D eigenvalue weighted by Crippen LogP contribution is 2.31. The lowest BCUT2D eigenvalue weighted by molar-refractivity contribution is -0.137. The molecule has 10 heteroatoms. The van der Waals surface area contributed by atoms with Crippen LogP contribution in [0.2, 0.25) is 0 Å². The minimum absolute atomic E-state index is 0.000924. The van der Waals surface area contributed by atoms with E-state index in [0.717, 1.165) is 12.1 Å². The first kappa shape index (κ1) is 21.6. The van der Waals surface area contributed by atoms with Crippen LogP contribution in [0.3, 0.4) is 0 Å². The average Bonchev–Trinajstić information content (AvgIpc) is 3.27. The van der Waals surface area contributed by atoms with Crippen LogP contribution in [0.4, 0.5) is 13.2 Å². The van der Waals surface area contributed by atoms with Gasteiger partial charge in [0.05, 0.1) is 15.4 Å². The molecule has 0 bridgehead atoms. The predicted molar refractivity (Wildman–Crippen MR) is 107 cm³/mol. The number of ether oxygens (including phenoxy) is 1. The maximum atomic E-state index is 12.9. The Morgan fingerprint density at radius 1 is 0.875 bits per heavy atom. The summed E-state index contributed by atoms with van der Waals surface area (Å²) in [7, 11) is -3.64. The van der Waals surface area contributed by atoms with Crippen LogP contribution in [0, 0.1) is 0 Å². The van der Waals surface area contributed by atoms with Gasteiger partial charge in [-0.25, -0.2) is 8.42 Å². The number of alkyl halides is 3. The molecular formula is C22H15F3N2O4S. The van der Waals surface area contributed by atoms with Crippen molar-refractivity contribution in [2.45, 2.75) is 22.6 Å². The summed E-state index contributed by atoms with van der Waals surface area (Å²) >= 11 is 0. The predicted octanol–water partition coefficient (Wildman–Crippen LogP) is 5.17. The van der Waals surface area contributed by atoms with Crippen LogP contribution in [0.1, 0.15) is 11.5 Å². The molecule has 0 amide bonds. The van der Waals surface area contributed by atoms with Crippen molar-refractivity contribution in [2.75, 3.05) is 0 Å². The summed E-state index contributed by atoms with van der Waals surface area (Å²) in [5.41, 5.74) is -0.659. The highest BCUT2D eigenvalue weighted by Gasteiger charge is 2.30. The molecule has 0 saturated carbocycles. The second kappa shape index (κ2) is 8.46. The summed E-state index contributed by atoms with van der Waals surface area (Å²) in [6, 6.07) is 18.4. The largest absolute Gasteiger partial charge is 0.484 e. The second-order valence-corrected chi connectivity index (χ2v) is 8.62. The third-order valence-corrected chi connectivity index (χ3v) is 6.25. The van der Waals surface area contributed by atoms with Crippen LogP contribution in [-0.4, -0.2) is 18.6 Å². The lowest BCUT2D eigenvalue weighted by atomic mass is 10.1. The lowest BCUT2D eigenvalue weighted by Crippen LogP contribution is -2.04. The quantitative estimate of drug-likeness (QED) is 0.395. The second-order valence-electron chi connectivity index (χ2n) is 6.67. The Morgan fingerprint density at radius 2 is 1.56 bits per heavy atom. The third kappa shape index (κ3) is 4.65. The van der Waals surface area contributed by atoms with Gasteiger partial charge in [0.2, 0.25) is 15.7 Å². The van der Waals surface area contributed by atoms with Crippen molar-refractivity contribution in [2.24, 2.45) is 0 Å². The van der Waals surface area contributed by atoms with E-state index >= 15 is 0 Å². The summed E-state index contributed by atoms with van der Waals surface area (Å²) in [5, 5.41) is 3.69. The Kier molecular flexibility index (Phi) is 5.70. The zero-order chi connectivity index (χ0) is 22.8. The molecule has 0 saturated heterocycles. The maximum absolute atomic E-state index is 12.9. The van der Waals surface area contributed by atoms with Gasteiger partial charge in [-0.05, 0) is 48.5 Å². The molecule has 0 aliphatic heterocycles. The fraction of sp³-hybridized carbons (Fsp3) is 0.0909. The normalized spacial score (nSPS) is 12.0. The highest BCUT2D eigenvalue weighted by molar-refractivity contribution is 7.91. The molecule has 0 N–H and O–H groups in total. The van der Waals surface area contributed by atoms with E-state index in [-0.39, 0.29) is 33.7 Å². The third-order valence-electron chi connectivity index (χ3n) is 4.47. The molecule has 3 aromatic carbocycles. The molecule has 4 aromatic rings. The Balaban J connectivity index is 1.44. The number of benzene rings is 3. The van der Waals surface area contributed by atoms with E-state index < -0.39 is 21.6 Å². The summed E-state index contributed by atoms with van der Waals surface area (Å²) in [6.07, 6.45) is -4.48. The molecule has 0 aliphatic carbocycles. The van der Waals surface area contributed by atoms with Gasteiger partial charge in [0, 0.05) is 5.56 Å². The van der Waals surface area contributed by atoms with Crippen LogP contribution in [0.5, 0.6) is 5.75 Å². The number of sulfone groups is 1. The van der Waals surface area contributed by atoms with Gasteiger partial charge < -0.3 is 9.26 Å². The van der Waals surface area contributed by atoms with E-state index in [1.54, 1.807) is 18.2 Å². The molecule has 6 nitrogen and oxygen atoms in total. The topological polar surface area (TPSA) is 82.3 Å². The Morgan fingerprint density at radius 3 is 2.25 bits per heavy atom. The Labute approximate surface area is 181 Å². The van der Waals surface area contributed by atoms with Gasteiger partial charge >= 0.3 is 6.18 Å². The van der Waals surface area contributed by atoms with Gasteiger partial charge in [-0.15, -0.1) is 0 Å². The highest BCUT2D eigenvalue weighted by atomic mass is 32.2. The van der Waals surface area contributed by atoms with Crippen molar-refractivity contribution in [1.29, 1.82) is 0 Å². The molecule has 0 radical (unpaired) electrons. The first-order valence-electron chi connectivity index (χ1n) is 9.27. The fourth-order valence-corrected chi connectivity index (χ4v) is 4.14. The first-order chi connectivity index (χ1) is 15.2. The van der Waals surface area contributed by atoms with Crippen LogP contribution in [-0.2, 0) is 22.6 Å². The summed E-state index contributed by atoms with van der Waals surface area (Å²) in [5.74, 6) is 0.410. The van der Waals surface area contributed by atoms with Gasteiger partial charge in [-0.3, -0.25) is 0 Å². The maximum Gasteiger partial charge on any atom is 0.416 e. The van der Waals surface area contributed by atoms with Crippen molar-refractivity contribution >= 4 is 9.84 Å². The van der Waals surface area contributed by atoms with Crippen LogP contribution in [0.15, 0.2) is 93.2 Å². The molecule has 4 rings (SSSR count). The molecular weight excluding hydrogens is 445 g/mol. The van der Waals surface area contributed by atoms with Crippen LogP contribution >= 0.6 is 0 Å².